The largest absolute Gasteiger partial charge is 0.406 e. The minimum atomic E-state index is -4.20. The highest BCUT2D eigenvalue weighted by Crippen LogP contribution is 2.49. The van der Waals surface area contributed by atoms with Crippen LogP contribution >= 0.6 is 0 Å². The fraction of sp³-hybridized carbons (Fsp3) is 0.900. The number of alkyl halides is 3. The first-order valence-electron chi connectivity index (χ1n) is 5.54. The van der Waals surface area contributed by atoms with Gasteiger partial charge in [0.05, 0.1) is 0 Å². The van der Waals surface area contributed by atoms with Crippen LogP contribution in [0.3, 0.4) is 0 Å². The lowest BCUT2D eigenvalue weighted by Gasteiger charge is -2.26. The number of halogens is 3. The Balaban J connectivity index is 1.96. The summed E-state index contributed by atoms with van der Waals surface area (Å²) in [5.41, 5.74) is -1.71. The molecule has 1 unspecified atom stereocenters. The summed E-state index contributed by atoms with van der Waals surface area (Å²) in [5.74, 6) is -0.159. The minimum absolute atomic E-state index is 0.134. The number of hydrogen-bond acceptors (Lipinski definition) is 2. The number of rotatable bonds is 2. The molecule has 1 amide bonds. The van der Waals surface area contributed by atoms with Crippen molar-refractivity contribution < 1.29 is 18.0 Å². The molecule has 2 rings (SSSR count). The predicted molar refractivity (Wildman–Crippen MR) is 51.8 cm³/mol. The van der Waals surface area contributed by atoms with Crippen LogP contribution in [0.25, 0.3) is 0 Å². The van der Waals surface area contributed by atoms with Gasteiger partial charge in [0.25, 0.3) is 0 Å². The maximum atomic E-state index is 12.7. The number of carbonyl (C=O) groups is 1. The number of amides is 1. The Labute approximate surface area is 91.8 Å². The molecule has 0 bridgehead atoms. The van der Waals surface area contributed by atoms with Gasteiger partial charge in [-0.3, -0.25) is 4.79 Å². The first-order valence-corrected chi connectivity index (χ1v) is 5.54. The van der Waals surface area contributed by atoms with E-state index in [9.17, 15) is 18.0 Å². The van der Waals surface area contributed by atoms with E-state index in [0.717, 1.165) is 6.42 Å². The minimum Gasteiger partial charge on any atom is -0.356 e. The zero-order valence-corrected chi connectivity index (χ0v) is 8.86. The van der Waals surface area contributed by atoms with E-state index in [0.29, 0.717) is 13.0 Å². The Hall–Kier alpha value is -0.780. The number of nitrogens with one attached hydrogen (secondary N) is 2. The van der Waals surface area contributed by atoms with Crippen LogP contribution in [0.15, 0.2) is 0 Å². The van der Waals surface area contributed by atoms with E-state index in [2.05, 4.69) is 10.6 Å². The van der Waals surface area contributed by atoms with Gasteiger partial charge in [0.2, 0.25) is 5.91 Å². The lowest BCUT2D eigenvalue weighted by atomic mass is 10.1. The van der Waals surface area contributed by atoms with Crippen molar-refractivity contribution in [2.75, 3.05) is 6.54 Å². The first-order chi connectivity index (χ1) is 7.43. The smallest absolute Gasteiger partial charge is 0.356 e. The van der Waals surface area contributed by atoms with E-state index in [1.165, 1.54) is 0 Å². The van der Waals surface area contributed by atoms with Gasteiger partial charge in [0.1, 0.15) is 5.54 Å². The average Bonchev–Trinajstić information content (AvgIpc) is 2.92. The van der Waals surface area contributed by atoms with Gasteiger partial charge in [-0.15, -0.1) is 0 Å². The number of carbonyl (C=O) groups excluding carboxylic acids is 1. The summed E-state index contributed by atoms with van der Waals surface area (Å²) in [6.07, 6.45) is -2.43. The van der Waals surface area contributed by atoms with Crippen molar-refractivity contribution in [3.8, 4) is 0 Å². The van der Waals surface area contributed by atoms with E-state index < -0.39 is 11.7 Å². The zero-order valence-electron chi connectivity index (χ0n) is 8.86. The van der Waals surface area contributed by atoms with E-state index in [4.69, 9.17) is 0 Å². The summed E-state index contributed by atoms with van der Waals surface area (Å²) < 4.78 is 38.1. The van der Waals surface area contributed by atoms with Crippen LogP contribution in [0.1, 0.15) is 32.1 Å². The lowest BCUT2D eigenvalue weighted by Crippen LogP contribution is -2.50. The van der Waals surface area contributed by atoms with Gasteiger partial charge in [0, 0.05) is 19.0 Å². The van der Waals surface area contributed by atoms with Crippen molar-refractivity contribution in [2.45, 2.75) is 49.9 Å². The van der Waals surface area contributed by atoms with Gasteiger partial charge in [-0.25, -0.2) is 0 Å². The highest BCUT2D eigenvalue weighted by Gasteiger charge is 2.63. The molecule has 1 aliphatic heterocycles. The molecule has 1 atom stereocenters. The van der Waals surface area contributed by atoms with Crippen LogP contribution in [0.4, 0.5) is 13.2 Å². The molecule has 0 aromatic rings. The molecule has 1 heterocycles. The average molecular weight is 236 g/mol. The third kappa shape index (κ3) is 2.31. The van der Waals surface area contributed by atoms with Crippen molar-refractivity contribution in [1.29, 1.82) is 0 Å². The van der Waals surface area contributed by atoms with E-state index in [1.54, 1.807) is 0 Å². The monoisotopic (exact) mass is 236 g/mol. The molecule has 1 saturated carbocycles. The van der Waals surface area contributed by atoms with Gasteiger partial charge in [-0.2, -0.15) is 13.2 Å². The molecule has 6 heteroatoms. The van der Waals surface area contributed by atoms with Gasteiger partial charge < -0.3 is 10.6 Å². The van der Waals surface area contributed by atoms with Crippen LogP contribution < -0.4 is 10.6 Å². The molecule has 0 aromatic heterocycles. The summed E-state index contributed by atoms with van der Waals surface area (Å²) in [7, 11) is 0. The molecule has 1 saturated heterocycles. The Morgan fingerprint density at radius 2 is 2.06 bits per heavy atom. The first kappa shape index (κ1) is 11.7. The molecule has 1 aliphatic carbocycles. The lowest BCUT2D eigenvalue weighted by molar-refractivity contribution is -0.168. The summed E-state index contributed by atoms with van der Waals surface area (Å²) in [6.45, 7) is 0.566. The zero-order chi connectivity index (χ0) is 11.8. The molecule has 2 aliphatic rings. The van der Waals surface area contributed by atoms with Crippen LogP contribution in [-0.4, -0.2) is 30.2 Å². The fourth-order valence-corrected chi connectivity index (χ4v) is 2.12. The maximum absolute atomic E-state index is 12.7. The molecular formula is C10H15F3N2O. The van der Waals surface area contributed by atoms with Crippen LogP contribution in [-0.2, 0) is 4.79 Å². The molecule has 92 valence electrons. The quantitative estimate of drug-likeness (QED) is 0.759. The molecule has 0 radical (unpaired) electrons. The molecular weight excluding hydrogens is 221 g/mol. The summed E-state index contributed by atoms with van der Waals surface area (Å²) >= 11 is 0. The second-order valence-corrected chi connectivity index (χ2v) is 4.62. The van der Waals surface area contributed by atoms with E-state index in [-0.39, 0.29) is 31.2 Å². The maximum Gasteiger partial charge on any atom is 0.406 e. The third-order valence-electron chi connectivity index (χ3n) is 3.26. The van der Waals surface area contributed by atoms with Crippen molar-refractivity contribution in [3.63, 3.8) is 0 Å². The normalized spacial score (nSPS) is 29.4. The van der Waals surface area contributed by atoms with Crippen LogP contribution in [0, 0.1) is 0 Å². The molecule has 2 N–H and O–H groups in total. The second-order valence-electron chi connectivity index (χ2n) is 4.62. The van der Waals surface area contributed by atoms with Gasteiger partial charge >= 0.3 is 6.18 Å². The Kier molecular flexibility index (Phi) is 2.86. The summed E-state index contributed by atoms with van der Waals surface area (Å²) in [5, 5.41) is 5.29. The molecule has 0 aromatic carbocycles. The summed E-state index contributed by atoms with van der Waals surface area (Å²) in [4.78, 5) is 11.2. The van der Waals surface area contributed by atoms with Crippen molar-refractivity contribution in [3.05, 3.63) is 0 Å². The molecule has 2 fully saturated rings. The highest BCUT2D eigenvalue weighted by molar-refractivity contribution is 5.76. The van der Waals surface area contributed by atoms with Gasteiger partial charge in [0.15, 0.2) is 0 Å². The molecule has 16 heavy (non-hydrogen) atoms. The standard InChI is InChI=1S/C10H15F3N2O/c11-10(12,13)9(3-4-9)15-7-2-1-5-14-8(16)6-7/h7,15H,1-6H2,(H,14,16). The fourth-order valence-electron chi connectivity index (χ4n) is 2.12. The van der Waals surface area contributed by atoms with Crippen LogP contribution in [0.2, 0.25) is 0 Å². The Morgan fingerprint density at radius 3 is 2.62 bits per heavy atom. The highest BCUT2D eigenvalue weighted by atomic mass is 19.4. The predicted octanol–water partition coefficient (Wildman–Crippen LogP) is 1.34. The SMILES string of the molecule is O=C1CC(NC2(C(F)(F)F)CC2)CCCN1. The topological polar surface area (TPSA) is 41.1 Å². The van der Waals surface area contributed by atoms with Crippen molar-refractivity contribution in [1.82, 2.24) is 10.6 Å². The third-order valence-corrected chi connectivity index (χ3v) is 3.26. The van der Waals surface area contributed by atoms with Crippen LogP contribution in [0.5, 0.6) is 0 Å². The molecule has 3 nitrogen and oxygen atoms in total. The van der Waals surface area contributed by atoms with E-state index in [1.807, 2.05) is 0 Å². The summed E-state index contributed by atoms with van der Waals surface area (Å²) in [6, 6.07) is -0.341. The Morgan fingerprint density at radius 1 is 1.38 bits per heavy atom. The van der Waals surface area contributed by atoms with Crippen molar-refractivity contribution in [2.24, 2.45) is 0 Å². The van der Waals surface area contributed by atoms with Gasteiger partial charge in [-0.1, -0.05) is 0 Å². The van der Waals surface area contributed by atoms with E-state index >= 15 is 0 Å². The van der Waals surface area contributed by atoms with Gasteiger partial charge in [-0.05, 0) is 25.7 Å². The molecule has 0 spiro atoms. The Bertz CT molecular complexity index is 286. The van der Waals surface area contributed by atoms with Crippen molar-refractivity contribution >= 4 is 5.91 Å². The second kappa shape index (κ2) is 3.91. The number of hydrogen-bond donors (Lipinski definition) is 2.